The fourth-order valence-electron chi connectivity index (χ4n) is 4.66. The van der Waals surface area contributed by atoms with Crippen LogP contribution in [0.3, 0.4) is 0 Å². The van der Waals surface area contributed by atoms with Crippen LogP contribution in [0.25, 0.3) is 0 Å². The Morgan fingerprint density at radius 1 is 0.923 bits per heavy atom. The zero-order valence-electron chi connectivity index (χ0n) is 21.5. The highest BCUT2D eigenvalue weighted by molar-refractivity contribution is 9.10. The fraction of sp³-hybridized carbons (Fsp3) is 0.241. The van der Waals surface area contributed by atoms with Crippen LogP contribution in [0.5, 0.6) is 0 Å². The van der Waals surface area contributed by atoms with E-state index in [0.29, 0.717) is 10.7 Å². The highest BCUT2D eigenvalue weighted by Gasteiger charge is 2.49. The molecule has 3 aromatic rings. The topological polar surface area (TPSA) is 96.0 Å². The average molecular weight is 611 g/mol. The van der Waals surface area contributed by atoms with Gasteiger partial charge in [0.15, 0.2) is 0 Å². The number of amides is 4. The number of benzene rings is 3. The van der Waals surface area contributed by atoms with Crippen molar-refractivity contribution in [3.63, 3.8) is 0 Å². The van der Waals surface area contributed by atoms with Gasteiger partial charge in [0.05, 0.1) is 29.9 Å². The summed E-state index contributed by atoms with van der Waals surface area (Å²) >= 11 is 9.38. The van der Waals surface area contributed by atoms with Gasteiger partial charge < -0.3 is 15.0 Å². The molecule has 8 nitrogen and oxygen atoms in total. The van der Waals surface area contributed by atoms with Crippen molar-refractivity contribution in [1.29, 1.82) is 0 Å². The molecule has 0 aliphatic carbocycles. The molecule has 0 spiro atoms. The third kappa shape index (κ3) is 5.16. The van der Waals surface area contributed by atoms with Gasteiger partial charge in [0, 0.05) is 15.1 Å². The summed E-state index contributed by atoms with van der Waals surface area (Å²) < 4.78 is 6.37. The SMILES string of the molecule is CC(C)(C)OC(=O)N1CC(NC(=O)c2ccc3c(c2)C(=O)N(c2ccc(Cl)cc2)C3=O)(c2ccc(Br)cc2)C1. The number of ether oxygens (including phenoxy) is 1. The maximum atomic E-state index is 13.5. The second-order valence-electron chi connectivity index (χ2n) is 10.6. The van der Waals surface area contributed by atoms with E-state index in [9.17, 15) is 19.2 Å². The van der Waals surface area contributed by atoms with E-state index in [-0.39, 0.29) is 29.8 Å². The fourth-order valence-corrected chi connectivity index (χ4v) is 5.05. The van der Waals surface area contributed by atoms with Crippen LogP contribution in [0.15, 0.2) is 71.2 Å². The van der Waals surface area contributed by atoms with Crippen molar-refractivity contribution in [2.24, 2.45) is 0 Å². The lowest BCUT2D eigenvalue weighted by molar-refractivity contribution is -0.0169. The number of carbonyl (C=O) groups excluding carboxylic acids is 4. The van der Waals surface area contributed by atoms with Crippen LogP contribution in [-0.4, -0.2) is 47.4 Å². The number of likely N-dealkylation sites (tertiary alicyclic amines) is 1. The first kappa shape index (κ1) is 26.9. The molecule has 10 heteroatoms. The molecular weight excluding hydrogens is 586 g/mol. The monoisotopic (exact) mass is 609 g/mol. The molecule has 1 N–H and O–H groups in total. The van der Waals surface area contributed by atoms with E-state index >= 15 is 0 Å². The van der Waals surface area contributed by atoms with Crippen LogP contribution in [0, 0.1) is 0 Å². The number of anilines is 1. The summed E-state index contributed by atoms with van der Waals surface area (Å²) in [6.07, 6.45) is -0.464. The number of imide groups is 1. The Bertz CT molecular complexity index is 1490. The summed E-state index contributed by atoms with van der Waals surface area (Å²) in [5.41, 5.74) is 0.286. The molecule has 1 saturated heterocycles. The minimum Gasteiger partial charge on any atom is -0.444 e. The van der Waals surface area contributed by atoms with Crippen LogP contribution >= 0.6 is 27.5 Å². The van der Waals surface area contributed by atoms with Crippen molar-refractivity contribution in [3.8, 4) is 0 Å². The van der Waals surface area contributed by atoms with Crippen LogP contribution in [0.2, 0.25) is 5.02 Å². The first-order valence-corrected chi connectivity index (χ1v) is 13.4. The molecule has 39 heavy (non-hydrogen) atoms. The number of halogens is 2. The van der Waals surface area contributed by atoms with Gasteiger partial charge in [0.25, 0.3) is 17.7 Å². The second kappa shape index (κ2) is 9.81. The molecular formula is C29H25BrClN3O5. The summed E-state index contributed by atoms with van der Waals surface area (Å²) in [5.74, 6) is -1.42. The van der Waals surface area contributed by atoms with Crippen molar-refractivity contribution in [2.75, 3.05) is 18.0 Å². The summed E-state index contributed by atoms with van der Waals surface area (Å²) in [7, 11) is 0. The quantitative estimate of drug-likeness (QED) is 0.378. The molecule has 0 atom stereocenters. The zero-order chi connectivity index (χ0) is 28.1. The summed E-state index contributed by atoms with van der Waals surface area (Å²) in [6.45, 7) is 5.80. The number of hydrogen-bond acceptors (Lipinski definition) is 5. The maximum absolute atomic E-state index is 13.5. The largest absolute Gasteiger partial charge is 0.444 e. The number of nitrogens with zero attached hydrogens (tertiary/aromatic N) is 2. The van der Waals surface area contributed by atoms with Crippen molar-refractivity contribution >= 4 is 57.0 Å². The van der Waals surface area contributed by atoms with Crippen LogP contribution in [-0.2, 0) is 10.3 Å². The minimum atomic E-state index is -0.858. The Labute approximate surface area is 239 Å². The van der Waals surface area contributed by atoms with Gasteiger partial charge in [-0.15, -0.1) is 0 Å². The van der Waals surface area contributed by atoms with Crippen LogP contribution in [0.1, 0.15) is 57.4 Å². The lowest BCUT2D eigenvalue weighted by Gasteiger charge is -2.50. The van der Waals surface area contributed by atoms with Crippen molar-refractivity contribution < 1.29 is 23.9 Å². The minimum absolute atomic E-state index is 0.143. The van der Waals surface area contributed by atoms with E-state index in [1.807, 2.05) is 24.3 Å². The van der Waals surface area contributed by atoms with Gasteiger partial charge in [-0.2, -0.15) is 0 Å². The number of nitrogens with one attached hydrogen (secondary N) is 1. The van der Waals surface area contributed by atoms with Crippen LogP contribution < -0.4 is 10.2 Å². The average Bonchev–Trinajstić information content (AvgIpc) is 3.10. The molecule has 200 valence electrons. The maximum Gasteiger partial charge on any atom is 0.410 e. The first-order valence-electron chi connectivity index (χ1n) is 12.2. The van der Waals surface area contributed by atoms with E-state index < -0.39 is 35.0 Å². The Balaban J connectivity index is 1.40. The highest BCUT2D eigenvalue weighted by atomic mass is 79.9. The molecule has 2 heterocycles. The predicted molar refractivity (Wildman–Crippen MR) is 150 cm³/mol. The van der Waals surface area contributed by atoms with Gasteiger partial charge in [0.1, 0.15) is 11.1 Å². The van der Waals surface area contributed by atoms with Gasteiger partial charge in [-0.25, -0.2) is 9.69 Å². The van der Waals surface area contributed by atoms with Gasteiger partial charge in [0.2, 0.25) is 0 Å². The van der Waals surface area contributed by atoms with E-state index in [4.69, 9.17) is 16.3 Å². The standard InChI is InChI=1S/C29H25BrClN3O5/c1-28(2,3)39-27(38)33-15-29(16-33,18-5-7-19(30)8-6-18)32-24(35)17-4-13-22-23(14-17)26(37)34(25(22)36)21-11-9-20(31)10-12-21/h4-14H,15-16H2,1-3H3,(H,32,35). The molecule has 0 aromatic heterocycles. The van der Waals surface area contributed by atoms with Gasteiger partial charge >= 0.3 is 6.09 Å². The number of hydrogen-bond donors (Lipinski definition) is 1. The third-order valence-corrected chi connectivity index (χ3v) is 7.34. The van der Waals surface area contributed by atoms with Crippen LogP contribution in [0.4, 0.5) is 10.5 Å². The molecule has 0 radical (unpaired) electrons. The number of fused-ring (bicyclic) bond motifs is 1. The molecule has 4 amide bonds. The Morgan fingerprint density at radius 3 is 2.15 bits per heavy atom. The molecule has 2 aliphatic rings. The third-order valence-electron chi connectivity index (χ3n) is 6.56. The number of carbonyl (C=O) groups is 4. The smallest absolute Gasteiger partial charge is 0.410 e. The second-order valence-corrected chi connectivity index (χ2v) is 11.9. The van der Waals surface area contributed by atoms with Crippen molar-refractivity contribution in [2.45, 2.75) is 31.9 Å². The molecule has 1 fully saturated rings. The summed E-state index contributed by atoms with van der Waals surface area (Å²) in [4.78, 5) is 54.9. The highest BCUT2D eigenvalue weighted by Crippen LogP contribution is 2.35. The lowest BCUT2D eigenvalue weighted by Crippen LogP contribution is -2.69. The predicted octanol–water partition coefficient (Wildman–Crippen LogP) is 5.78. The van der Waals surface area contributed by atoms with Crippen molar-refractivity contribution in [3.05, 3.63) is 98.5 Å². The molecule has 0 bridgehead atoms. The Kier molecular flexibility index (Phi) is 6.76. The Morgan fingerprint density at radius 2 is 1.54 bits per heavy atom. The van der Waals surface area contributed by atoms with E-state index in [0.717, 1.165) is 14.9 Å². The molecule has 3 aromatic carbocycles. The normalized spacial score (nSPS) is 16.0. The van der Waals surface area contributed by atoms with Gasteiger partial charge in [-0.05, 0) is 80.9 Å². The number of rotatable bonds is 4. The summed E-state index contributed by atoms with van der Waals surface area (Å²) in [5, 5.41) is 3.55. The zero-order valence-corrected chi connectivity index (χ0v) is 23.8. The van der Waals surface area contributed by atoms with Crippen molar-refractivity contribution in [1.82, 2.24) is 10.2 Å². The van der Waals surface area contributed by atoms with Gasteiger partial charge in [-0.1, -0.05) is 39.7 Å². The summed E-state index contributed by atoms with van der Waals surface area (Å²) in [6, 6.07) is 18.3. The molecule has 0 unspecified atom stereocenters. The van der Waals surface area contributed by atoms with E-state index in [1.54, 1.807) is 45.0 Å². The Hall–Kier alpha value is -3.69. The van der Waals surface area contributed by atoms with E-state index in [2.05, 4.69) is 21.2 Å². The molecule has 0 saturated carbocycles. The first-order chi connectivity index (χ1) is 18.4. The van der Waals surface area contributed by atoms with E-state index in [1.165, 1.54) is 23.1 Å². The van der Waals surface area contributed by atoms with Gasteiger partial charge in [-0.3, -0.25) is 14.4 Å². The molecule has 5 rings (SSSR count). The molecule has 2 aliphatic heterocycles. The lowest BCUT2D eigenvalue weighted by atomic mass is 9.82.